The van der Waals surface area contributed by atoms with Crippen LogP contribution in [0.3, 0.4) is 0 Å². The predicted octanol–water partition coefficient (Wildman–Crippen LogP) is 3.36. The number of aromatic nitrogens is 1. The Labute approximate surface area is 104 Å². The molecule has 94 valence electrons. The summed E-state index contributed by atoms with van der Waals surface area (Å²) in [7, 11) is 1.92. The Bertz CT molecular complexity index is 354. The Morgan fingerprint density at radius 3 is 2.35 bits per heavy atom. The average Bonchev–Trinajstić information content (AvgIpc) is 2.28. The first-order valence-electron chi connectivity index (χ1n) is 6.56. The lowest BCUT2D eigenvalue weighted by molar-refractivity contribution is 0.281. The van der Waals surface area contributed by atoms with Crippen molar-refractivity contribution in [2.75, 3.05) is 17.7 Å². The SMILES string of the molecule is CNc1cncc(NC2CC(C)CC(C)C2)c1. The van der Waals surface area contributed by atoms with Gasteiger partial charge in [-0.05, 0) is 37.2 Å². The van der Waals surface area contributed by atoms with Crippen LogP contribution in [0.15, 0.2) is 18.5 Å². The fraction of sp³-hybridized carbons (Fsp3) is 0.643. The molecule has 3 heteroatoms. The van der Waals surface area contributed by atoms with Crippen molar-refractivity contribution >= 4 is 11.4 Å². The smallest absolute Gasteiger partial charge is 0.0549 e. The van der Waals surface area contributed by atoms with E-state index in [1.54, 1.807) is 0 Å². The first kappa shape index (κ1) is 12.2. The molecule has 0 amide bonds. The highest BCUT2D eigenvalue weighted by Gasteiger charge is 2.23. The molecule has 1 fully saturated rings. The van der Waals surface area contributed by atoms with Gasteiger partial charge in [-0.3, -0.25) is 4.98 Å². The van der Waals surface area contributed by atoms with E-state index in [1.165, 1.54) is 19.3 Å². The van der Waals surface area contributed by atoms with Crippen LogP contribution in [0.2, 0.25) is 0 Å². The molecule has 1 aromatic rings. The fourth-order valence-electron chi connectivity index (χ4n) is 2.96. The number of nitrogens with zero attached hydrogens (tertiary/aromatic N) is 1. The van der Waals surface area contributed by atoms with Gasteiger partial charge in [-0.1, -0.05) is 13.8 Å². The number of hydrogen-bond donors (Lipinski definition) is 2. The Morgan fingerprint density at radius 2 is 1.71 bits per heavy atom. The highest BCUT2D eigenvalue weighted by atomic mass is 14.9. The molecule has 17 heavy (non-hydrogen) atoms. The van der Waals surface area contributed by atoms with Crippen molar-refractivity contribution in [1.82, 2.24) is 4.98 Å². The van der Waals surface area contributed by atoms with Crippen molar-refractivity contribution in [3.8, 4) is 0 Å². The first-order chi connectivity index (χ1) is 8.17. The summed E-state index contributed by atoms with van der Waals surface area (Å²) in [4.78, 5) is 4.23. The summed E-state index contributed by atoms with van der Waals surface area (Å²) in [5, 5.41) is 6.73. The molecule has 1 aliphatic carbocycles. The summed E-state index contributed by atoms with van der Waals surface area (Å²) in [5.41, 5.74) is 2.19. The quantitative estimate of drug-likeness (QED) is 0.840. The molecule has 1 aliphatic rings. The van der Waals surface area contributed by atoms with Gasteiger partial charge in [0.15, 0.2) is 0 Å². The van der Waals surface area contributed by atoms with Gasteiger partial charge in [-0.25, -0.2) is 0 Å². The van der Waals surface area contributed by atoms with Gasteiger partial charge in [0.2, 0.25) is 0 Å². The average molecular weight is 233 g/mol. The van der Waals surface area contributed by atoms with Crippen LogP contribution >= 0.6 is 0 Å². The fourth-order valence-corrected chi connectivity index (χ4v) is 2.96. The Hall–Kier alpha value is -1.25. The van der Waals surface area contributed by atoms with Gasteiger partial charge >= 0.3 is 0 Å². The molecule has 1 aromatic heterocycles. The molecule has 1 heterocycles. The number of pyridine rings is 1. The third-order valence-electron chi connectivity index (χ3n) is 3.58. The zero-order valence-corrected chi connectivity index (χ0v) is 11.0. The third-order valence-corrected chi connectivity index (χ3v) is 3.58. The molecule has 2 atom stereocenters. The molecule has 2 unspecified atom stereocenters. The minimum Gasteiger partial charge on any atom is -0.387 e. The zero-order chi connectivity index (χ0) is 12.3. The maximum atomic E-state index is 4.23. The number of rotatable bonds is 3. The lowest BCUT2D eigenvalue weighted by Crippen LogP contribution is -2.30. The van der Waals surface area contributed by atoms with Crippen LogP contribution in [0.25, 0.3) is 0 Å². The van der Waals surface area contributed by atoms with Gasteiger partial charge in [-0.2, -0.15) is 0 Å². The van der Waals surface area contributed by atoms with Crippen molar-refractivity contribution in [2.24, 2.45) is 11.8 Å². The van der Waals surface area contributed by atoms with E-state index in [4.69, 9.17) is 0 Å². The molecule has 0 saturated heterocycles. The van der Waals surface area contributed by atoms with Crippen molar-refractivity contribution < 1.29 is 0 Å². The molecule has 1 saturated carbocycles. The maximum Gasteiger partial charge on any atom is 0.0549 e. The normalized spacial score (nSPS) is 28.8. The second kappa shape index (κ2) is 5.39. The van der Waals surface area contributed by atoms with Crippen LogP contribution in [0.1, 0.15) is 33.1 Å². The molecule has 0 spiro atoms. The summed E-state index contributed by atoms with van der Waals surface area (Å²) in [5.74, 6) is 1.66. The van der Waals surface area contributed by atoms with E-state index in [1.807, 2.05) is 19.4 Å². The van der Waals surface area contributed by atoms with Gasteiger partial charge in [0, 0.05) is 13.1 Å². The van der Waals surface area contributed by atoms with Crippen molar-refractivity contribution in [3.63, 3.8) is 0 Å². The molecule has 0 bridgehead atoms. The molecular weight excluding hydrogens is 210 g/mol. The molecule has 0 aliphatic heterocycles. The summed E-state index contributed by atoms with van der Waals surface area (Å²) in [6.45, 7) is 4.71. The molecule has 0 radical (unpaired) electrons. The van der Waals surface area contributed by atoms with Crippen LogP contribution in [0.5, 0.6) is 0 Å². The van der Waals surface area contributed by atoms with Crippen molar-refractivity contribution in [3.05, 3.63) is 18.5 Å². The van der Waals surface area contributed by atoms with Gasteiger partial charge in [0.1, 0.15) is 0 Å². The third kappa shape index (κ3) is 3.35. The van der Waals surface area contributed by atoms with E-state index in [0.29, 0.717) is 6.04 Å². The molecule has 2 rings (SSSR count). The van der Waals surface area contributed by atoms with E-state index in [-0.39, 0.29) is 0 Å². The second-order valence-electron chi connectivity index (χ2n) is 5.47. The standard InChI is InChI=1S/C14H23N3/c1-10-4-11(2)6-12(5-10)17-14-7-13(15-3)8-16-9-14/h7-12,15,17H,4-6H2,1-3H3. The highest BCUT2D eigenvalue weighted by molar-refractivity contribution is 5.54. The largest absolute Gasteiger partial charge is 0.387 e. The van der Waals surface area contributed by atoms with E-state index < -0.39 is 0 Å². The minimum absolute atomic E-state index is 0.600. The van der Waals surface area contributed by atoms with Gasteiger partial charge in [0.25, 0.3) is 0 Å². The molecule has 2 N–H and O–H groups in total. The summed E-state index contributed by atoms with van der Waals surface area (Å²) >= 11 is 0. The predicted molar refractivity (Wildman–Crippen MR) is 73.4 cm³/mol. The monoisotopic (exact) mass is 233 g/mol. The summed E-state index contributed by atoms with van der Waals surface area (Å²) in [6.07, 6.45) is 7.66. The van der Waals surface area contributed by atoms with Gasteiger partial charge in [-0.15, -0.1) is 0 Å². The maximum absolute atomic E-state index is 4.23. The van der Waals surface area contributed by atoms with E-state index in [0.717, 1.165) is 23.2 Å². The van der Waals surface area contributed by atoms with Crippen LogP contribution < -0.4 is 10.6 Å². The van der Waals surface area contributed by atoms with Crippen LogP contribution in [0, 0.1) is 11.8 Å². The van der Waals surface area contributed by atoms with Crippen LogP contribution in [-0.2, 0) is 0 Å². The number of anilines is 2. The van der Waals surface area contributed by atoms with Crippen molar-refractivity contribution in [1.29, 1.82) is 0 Å². The number of hydrogen-bond acceptors (Lipinski definition) is 3. The topological polar surface area (TPSA) is 37.0 Å². The summed E-state index contributed by atoms with van der Waals surface area (Å²) in [6, 6.07) is 2.72. The lowest BCUT2D eigenvalue weighted by atomic mass is 9.80. The van der Waals surface area contributed by atoms with Crippen molar-refractivity contribution in [2.45, 2.75) is 39.2 Å². The molecular formula is C14H23N3. The second-order valence-corrected chi connectivity index (χ2v) is 5.47. The lowest BCUT2D eigenvalue weighted by Gasteiger charge is -2.32. The van der Waals surface area contributed by atoms with E-state index in [9.17, 15) is 0 Å². The zero-order valence-electron chi connectivity index (χ0n) is 11.0. The van der Waals surface area contributed by atoms with Gasteiger partial charge in [0.05, 0.1) is 23.8 Å². The summed E-state index contributed by atoms with van der Waals surface area (Å²) < 4.78 is 0. The Kier molecular flexibility index (Phi) is 3.87. The number of nitrogens with one attached hydrogen (secondary N) is 2. The van der Waals surface area contributed by atoms with Crippen LogP contribution in [-0.4, -0.2) is 18.1 Å². The first-order valence-corrected chi connectivity index (χ1v) is 6.56. The molecule has 3 nitrogen and oxygen atoms in total. The Balaban J connectivity index is 1.99. The van der Waals surface area contributed by atoms with E-state index >= 15 is 0 Å². The minimum atomic E-state index is 0.600. The Morgan fingerprint density at radius 1 is 1.06 bits per heavy atom. The van der Waals surface area contributed by atoms with E-state index in [2.05, 4.69) is 35.5 Å². The highest BCUT2D eigenvalue weighted by Crippen LogP contribution is 2.30. The van der Waals surface area contributed by atoms with Gasteiger partial charge < -0.3 is 10.6 Å². The van der Waals surface area contributed by atoms with Crippen LogP contribution in [0.4, 0.5) is 11.4 Å². The molecule has 0 aromatic carbocycles.